The molecule has 8 rings (SSSR count). The number of para-hydroxylation sites is 1. The van der Waals surface area contributed by atoms with Gasteiger partial charge in [0.25, 0.3) is 0 Å². The number of benzene rings is 4. The normalized spacial score (nSPS) is 18.4. The number of rotatable bonds is 7. The predicted molar refractivity (Wildman–Crippen MR) is 189 cm³/mol. The lowest BCUT2D eigenvalue weighted by molar-refractivity contribution is 0.0690. The van der Waals surface area contributed by atoms with Gasteiger partial charge in [0.2, 0.25) is 0 Å². The summed E-state index contributed by atoms with van der Waals surface area (Å²) in [6.07, 6.45) is 8.29. The van der Waals surface area contributed by atoms with Gasteiger partial charge in [0.1, 0.15) is 11.4 Å². The van der Waals surface area contributed by atoms with Gasteiger partial charge in [-0.1, -0.05) is 115 Å². The van der Waals surface area contributed by atoms with E-state index in [0.29, 0.717) is 0 Å². The molecule has 0 amide bonds. The highest BCUT2D eigenvalue weighted by Gasteiger charge is 2.52. The van der Waals surface area contributed by atoms with Crippen molar-refractivity contribution in [3.8, 4) is 0 Å². The zero-order valence-corrected chi connectivity index (χ0v) is 26.6. The average Bonchev–Trinajstić information content (AvgIpc) is 3.70. The van der Waals surface area contributed by atoms with Crippen LogP contribution in [0.4, 0.5) is 11.5 Å². The van der Waals surface area contributed by atoms with Gasteiger partial charge >= 0.3 is 0 Å². The maximum Gasteiger partial charge on any atom is 0.166 e. The summed E-state index contributed by atoms with van der Waals surface area (Å²) >= 11 is 0. The molecule has 2 aliphatic heterocycles. The quantitative estimate of drug-likeness (QED) is 0.174. The number of hydrogen-bond donors (Lipinski definition) is 0. The molecule has 4 heterocycles. The summed E-state index contributed by atoms with van der Waals surface area (Å²) in [4.78, 5) is 12.2. The third-order valence-corrected chi connectivity index (χ3v) is 9.89. The van der Waals surface area contributed by atoms with Crippen molar-refractivity contribution in [1.82, 2.24) is 19.7 Å². The second kappa shape index (κ2) is 12.0. The summed E-state index contributed by atoms with van der Waals surface area (Å²) in [5, 5.41) is 4.97. The summed E-state index contributed by atoms with van der Waals surface area (Å²) in [5.41, 5.74) is 5.92. The van der Waals surface area contributed by atoms with Crippen molar-refractivity contribution in [3.05, 3.63) is 192 Å². The Balaban J connectivity index is 1.36. The van der Waals surface area contributed by atoms with E-state index >= 15 is 0 Å². The first-order valence-electron chi connectivity index (χ1n) is 16.4. The lowest BCUT2D eigenvalue weighted by Crippen LogP contribution is -2.62. The highest BCUT2D eigenvalue weighted by Crippen LogP contribution is 2.53. The van der Waals surface area contributed by atoms with Crippen molar-refractivity contribution < 1.29 is 0 Å². The Morgan fingerprint density at radius 1 is 0.596 bits per heavy atom. The zero-order chi connectivity index (χ0) is 31.7. The van der Waals surface area contributed by atoms with E-state index in [1.807, 2.05) is 24.5 Å². The average molecular weight is 615 g/mol. The maximum atomic E-state index is 4.97. The van der Waals surface area contributed by atoms with E-state index < -0.39 is 11.2 Å². The van der Waals surface area contributed by atoms with Gasteiger partial charge in [-0.05, 0) is 53.5 Å². The SMILES string of the molecule is CC1=CN(C(c2ccccc2)(c2ccccc2)c2ccccc2)c2ccccc2C1(N1CCN(c2ccccn2)CC1)n1cccn1. The summed E-state index contributed by atoms with van der Waals surface area (Å²) < 4.78 is 2.17. The van der Waals surface area contributed by atoms with Gasteiger partial charge in [-0.15, -0.1) is 0 Å². The van der Waals surface area contributed by atoms with E-state index in [0.717, 1.165) is 37.7 Å². The van der Waals surface area contributed by atoms with E-state index in [1.54, 1.807) is 0 Å². The minimum atomic E-state index is -0.644. The fraction of sp³-hybridized carbons (Fsp3) is 0.171. The highest BCUT2D eigenvalue weighted by atomic mass is 15.5. The zero-order valence-electron chi connectivity index (χ0n) is 26.6. The first-order valence-corrected chi connectivity index (χ1v) is 16.4. The number of aromatic nitrogens is 3. The molecule has 6 nitrogen and oxygen atoms in total. The summed E-state index contributed by atoms with van der Waals surface area (Å²) in [6, 6.07) is 49.9. The fourth-order valence-corrected chi connectivity index (χ4v) is 7.91. The van der Waals surface area contributed by atoms with Crippen molar-refractivity contribution in [2.45, 2.75) is 18.1 Å². The topological polar surface area (TPSA) is 40.4 Å². The number of nitrogens with zero attached hydrogens (tertiary/aromatic N) is 6. The molecule has 1 unspecified atom stereocenters. The van der Waals surface area contributed by atoms with Crippen LogP contribution in [0.5, 0.6) is 0 Å². The number of fused-ring (bicyclic) bond motifs is 1. The number of pyridine rings is 1. The molecule has 0 N–H and O–H groups in total. The lowest BCUT2D eigenvalue weighted by atomic mass is 9.73. The first-order chi connectivity index (χ1) is 23.2. The molecule has 0 spiro atoms. The molecule has 0 radical (unpaired) electrons. The van der Waals surface area contributed by atoms with E-state index in [1.165, 1.54) is 27.8 Å². The standard InChI is InChI=1S/C41H38N6/c1-33-32-46(40(34-16-5-2-6-17-34,35-18-7-3-8-19-35)36-20-9-4-10-21-36)38-23-12-11-22-37(38)41(33,47-27-15-26-43-47)45-30-28-44(29-31-45)39-24-13-14-25-42-39/h2-27,32H,28-31H2,1H3. The molecule has 4 aromatic carbocycles. The predicted octanol–water partition coefficient (Wildman–Crippen LogP) is 7.52. The van der Waals surface area contributed by atoms with E-state index in [9.17, 15) is 0 Å². The van der Waals surface area contributed by atoms with Gasteiger partial charge in [0.05, 0.1) is 0 Å². The molecule has 232 valence electrons. The van der Waals surface area contributed by atoms with E-state index in [2.05, 4.69) is 171 Å². The van der Waals surface area contributed by atoms with E-state index in [-0.39, 0.29) is 0 Å². The first kappa shape index (κ1) is 29.0. The third kappa shape index (κ3) is 4.59. The molecule has 0 saturated carbocycles. The van der Waals surface area contributed by atoms with Crippen LogP contribution in [0.2, 0.25) is 0 Å². The molecule has 0 aliphatic carbocycles. The monoisotopic (exact) mass is 614 g/mol. The Morgan fingerprint density at radius 2 is 1.17 bits per heavy atom. The molecule has 6 heteroatoms. The summed E-state index contributed by atoms with van der Waals surface area (Å²) in [5.74, 6) is 1.03. The van der Waals surface area contributed by atoms with Gasteiger partial charge in [-0.3, -0.25) is 4.90 Å². The van der Waals surface area contributed by atoms with Crippen LogP contribution in [0.15, 0.2) is 170 Å². The second-order valence-corrected chi connectivity index (χ2v) is 12.3. The van der Waals surface area contributed by atoms with Gasteiger partial charge in [-0.2, -0.15) is 5.10 Å². The highest BCUT2D eigenvalue weighted by molar-refractivity contribution is 5.72. The van der Waals surface area contributed by atoms with Crippen LogP contribution in [-0.4, -0.2) is 45.8 Å². The van der Waals surface area contributed by atoms with Crippen LogP contribution in [0.25, 0.3) is 0 Å². The van der Waals surface area contributed by atoms with Gasteiger partial charge in [-0.25, -0.2) is 9.67 Å². The molecular formula is C41H38N6. The van der Waals surface area contributed by atoms with E-state index in [4.69, 9.17) is 5.10 Å². The van der Waals surface area contributed by atoms with Crippen molar-refractivity contribution in [3.63, 3.8) is 0 Å². The van der Waals surface area contributed by atoms with Crippen LogP contribution in [0.3, 0.4) is 0 Å². The summed E-state index contributed by atoms with van der Waals surface area (Å²) in [6.45, 7) is 5.75. The lowest BCUT2D eigenvalue weighted by Gasteiger charge is -2.55. The minimum absolute atomic E-state index is 0.609. The fourth-order valence-electron chi connectivity index (χ4n) is 7.91. The number of hydrogen-bond acceptors (Lipinski definition) is 5. The van der Waals surface area contributed by atoms with Crippen molar-refractivity contribution >= 4 is 11.5 Å². The number of anilines is 2. The Morgan fingerprint density at radius 3 is 1.72 bits per heavy atom. The van der Waals surface area contributed by atoms with Gasteiger partial charge in [0, 0.05) is 62.2 Å². The van der Waals surface area contributed by atoms with Crippen molar-refractivity contribution in [1.29, 1.82) is 0 Å². The molecular weight excluding hydrogens is 576 g/mol. The number of piperazine rings is 1. The van der Waals surface area contributed by atoms with Crippen LogP contribution in [0, 0.1) is 0 Å². The van der Waals surface area contributed by atoms with Crippen LogP contribution >= 0.6 is 0 Å². The van der Waals surface area contributed by atoms with Gasteiger partial charge in [0.15, 0.2) is 5.66 Å². The Kier molecular flexibility index (Phi) is 7.43. The molecule has 2 aliphatic rings. The molecule has 47 heavy (non-hydrogen) atoms. The second-order valence-electron chi connectivity index (χ2n) is 12.3. The Bertz CT molecular complexity index is 1850. The Hall–Kier alpha value is -5.46. The van der Waals surface area contributed by atoms with Crippen LogP contribution in [-0.2, 0) is 11.2 Å². The van der Waals surface area contributed by atoms with Crippen molar-refractivity contribution in [2.24, 2.45) is 0 Å². The molecule has 0 bridgehead atoms. The third-order valence-electron chi connectivity index (χ3n) is 9.89. The minimum Gasteiger partial charge on any atom is -0.354 e. The maximum absolute atomic E-state index is 4.97. The van der Waals surface area contributed by atoms with Crippen molar-refractivity contribution in [2.75, 3.05) is 36.0 Å². The largest absolute Gasteiger partial charge is 0.354 e. The Labute approximate surface area is 276 Å². The van der Waals surface area contributed by atoms with Crippen LogP contribution in [0.1, 0.15) is 29.2 Å². The molecule has 2 aromatic heterocycles. The molecule has 1 fully saturated rings. The molecule has 1 saturated heterocycles. The van der Waals surface area contributed by atoms with Gasteiger partial charge < -0.3 is 9.80 Å². The molecule has 1 atom stereocenters. The molecule has 6 aromatic rings. The summed E-state index contributed by atoms with van der Waals surface area (Å²) in [7, 11) is 0. The smallest absolute Gasteiger partial charge is 0.166 e. The van der Waals surface area contributed by atoms with Crippen LogP contribution < -0.4 is 9.80 Å².